The summed E-state index contributed by atoms with van der Waals surface area (Å²) in [5.41, 5.74) is 4.71. The Kier molecular flexibility index (Phi) is 4.01. The Balaban J connectivity index is 1.90. The fraction of sp³-hybridized carbons (Fsp3) is 0.0909. The summed E-state index contributed by atoms with van der Waals surface area (Å²) < 4.78 is 8.98. The fourth-order valence-electron chi connectivity index (χ4n) is 2.85. The zero-order valence-corrected chi connectivity index (χ0v) is 15.5. The van der Waals surface area contributed by atoms with Crippen molar-refractivity contribution in [1.29, 1.82) is 0 Å². The summed E-state index contributed by atoms with van der Waals surface area (Å²) in [6.45, 7) is 4.27. The molecule has 0 atom stereocenters. The van der Waals surface area contributed by atoms with Crippen molar-refractivity contribution in [2.75, 3.05) is 0 Å². The monoisotopic (exact) mass is 378 g/mol. The predicted octanol–water partition coefficient (Wildman–Crippen LogP) is 4.37. The standard InChI is InChI=1S/C22H18OSe/c1-15-11-13-17(14-12-15)24-22-19-9-5-6-10-20(19)23-21(22)18-8-4-3-7-16(18)2/h3-14H,1-2H3. The number of benzene rings is 3. The molecule has 4 aromatic rings. The van der Waals surface area contributed by atoms with E-state index in [1.165, 1.54) is 31.0 Å². The summed E-state index contributed by atoms with van der Waals surface area (Å²) in [7, 11) is 0. The molecule has 24 heavy (non-hydrogen) atoms. The van der Waals surface area contributed by atoms with Crippen LogP contribution >= 0.6 is 0 Å². The molecule has 0 spiro atoms. The van der Waals surface area contributed by atoms with E-state index in [0.29, 0.717) is 0 Å². The zero-order valence-electron chi connectivity index (χ0n) is 13.7. The summed E-state index contributed by atoms with van der Waals surface area (Å²) in [5.74, 6) is 1.02. The number of fused-ring (bicyclic) bond motifs is 1. The molecule has 4 rings (SSSR count). The van der Waals surface area contributed by atoms with E-state index < -0.39 is 0 Å². The second-order valence-electron chi connectivity index (χ2n) is 5.99. The number of furan rings is 1. The third kappa shape index (κ3) is 2.80. The van der Waals surface area contributed by atoms with Gasteiger partial charge in [0.1, 0.15) is 0 Å². The van der Waals surface area contributed by atoms with Gasteiger partial charge in [0, 0.05) is 0 Å². The van der Waals surface area contributed by atoms with Crippen LogP contribution in [0.25, 0.3) is 22.3 Å². The van der Waals surface area contributed by atoms with Gasteiger partial charge in [-0.25, -0.2) is 0 Å². The summed E-state index contributed by atoms with van der Waals surface area (Å²) in [4.78, 5) is 0. The van der Waals surface area contributed by atoms with Gasteiger partial charge in [0.15, 0.2) is 0 Å². The van der Waals surface area contributed by atoms with Gasteiger partial charge in [-0.05, 0) is 0 Å². The Morgan fingerprint density at radius 2 is 1.46 bits per heavy atom. The van der Waals surface area contributed by atoms with Gasteiger partial charge in [0.2, 0.25) is 0 Å². The molecule has 0 saturated carbocycles. The van der Waals surface area contributed by atoms with E-state index in [2.05, 4.69) is 80.6 Å². The van der Waals surface area contributed by atoms with Crippen molar-refractivity contribution in [3.05, 3.63) is 83.9 Å². The molecular formula is C22H18OSe. The molecule has 0 aliphatic carbocycles. The van der Waals surface area contributed by atoms with Crippen LogP contribution in [-0.2, 0) is 0 Å². The first-order chi connectivity index (χ1) is 11.7. The maximum atomic E-state index is 6.28. The van der Waals surface area contributed by atoms with Crippen LogP contribution < -0.4 is 8.92 Å². The van der Waals surface area contributed by atoms with Crippen LogP contribution in [0.15, 0.2) is 77.2 Å². The van der Waals surface area contributed by atoms with E-state index in [4.69, 9.17) is 4.42 Å². The second-order valence-corrected chi connectivity index (χ2v) is 8.26. The SMILES string of the molecule is Cc1ccc([Se]c2c(-c3ccccc3C)oc3ccccc23)cc1. The third-order valence-corrected chi connectivity index (χ3v) is 6.52. The Labute approximate surface area is 148 Å². The Morgan fingerprint density at radius 3 is 2.25 bits per heavy atom. The predicted molar refractivity (Wildman–Crippen MR) is 103 cm³/mol. The molecule has 0 unspecified atom stereocenters. The molecule has 2 heteroatoms. The van der Waals surface area contributed by atoms with Crippen molar-refractivity contribution in [3.8, 4) is 11.3 Å². The van der Waals surface area contributed by atoms with E-state index in [-0.39, 0.29) is 15.0 Å². The van der Waals surface area contributed by atoms with E-state index in [9.17, 15) is 0 Å². The van der Waals surface area contributed by atoms with Gasteiger partial charge in [0.05, 0.1) is 0 Å². The third-order valence-electron chi connectivity index (χ3n) is 4.18. The van der Waals surface area contributed by atoms with Crippen molar-refractivity contribution < 1.29 is 4.42 Å². The van der Waals surface area contributed by atoms with E-state index in [1.807, 2.05) is 6.07 Å². The van der Waals surface area contributed by atoms with Crippen molar-refractivity contribution in [3.63, 3.8) is 0 Å². The van der Waals surface area contributed by atoms with E-state index in [0.717, 1.165) is 11.3 Å². The minimum atomic E-state index is 0.206. The molecule has 0 bridgehead atoms. The molecule has 3 aromatic carbocycles. The van der Waals surface area contributed by atoms with Crippen LogP contribution in [0.2, 0.25) is 0 Å². The van der Waals surface area contributed by atoms with Gasteiger partial charge in [-0.2, -0.15) is 0 Å². The van der Waals surface area contributed by atoms with E-state index >= 15 is 0 Å². The Morgan fingerprint density at radius 1 is 0.750 bits per heavy atom. The molecule has 1 nitrogen and oxygen atoms in total. The van der Waals surface area contributed by atoms with Crippen LogP contribution in [-0.4, -0.2) is 15.0 Å². The topological polar surface area (TPSA) is 13.1 Å². The fourth-order valence-corrected chi connectivity index (χ4v) is 5.01. The zero-order chi connectivity index (χ0) is 16.5. The number of aryl methyl sites for hydroxylation is 2. The summed E-state index contributed by atoms with van der Waals surface area (Å²) >= 11 is 0.206. The first-order valence-corrected chi connectivity index (χ1v) is 9.76. The first-order valence-electron chi connectivity index (χ1n) is 8.04. The summed E-state index contributed by atoms with van der Waals surface area (Å²) in [6.07, 6.45) is 0. The van der Waals surface area contributed by atoms with Crippen LogP contribution in [0.1, 0.15) is 11.1 Å². The van der Waals surface area contributed by atoms with Crippen LogP contribution in [0.5, 0.6) is 0 Å². The van der Waals surface area contributed by atoms with Crippen LogP contribution in [0, 0.1) is 13.8 Å². The summed E-state index contributed by atoms with van der Waals surface area (Å²) in [6, 6.07) is 25.7. The van der Waals surface area contributed by atoms with Gasteiger partial charge in [-0.3, -0.25) is 0 Å². The maximum absolute atomic E-state index is 6.28. The van der Waals surface area contributed by atoms with Crippen molar-refractivity contribution in [2.24, 2.45) is 0 Å². The minimum absolute atomic E-state index is 0.206. The molecule has 0 N–H and O–H groups in total. The molecule has 0 aliphatic rings. The average Bonchev–Trinajstić information content (AvgIpc) is 2.96. The molecule has 1 aromatic heterocycles. The number of rotatable bonds is 3. The molecule has 118 valence electrons. The molecule has 0 amide bonds. The molecular weight excluding hydrogens is 359 g/mol. The van der Waals surface area contributed by atoms with Gasteiger partial charge < -0.3 is 0 Å². The molecule has 0 saturated heterocycles. The number of hydrogen-bond acceptors (Lipinski definition) is 1. The van der Waals surface area contributed by atoms with Gasteiger partial charge in [-0.15, -0.1) is 0 Å². The normalized spacial score (nSPS) is 11.1. The quantitative estimate of drug-likeness (QED) is 0.483. The Bertz CT molecular complexity index is 996. The first kappa shape index (κ1) is 15.3. The molecule has 0 aliphatic heterocycles. The molecule has 0 fully saturated rings. The molecule has 0 radical (unpaired) electrons. The Hall–Kier alpha value is -2.28. The van der Waals surface area contributed by atoms with E-state index in [1.54, 1.807) is 0 Å². The van der Waals surface area contributed by atoms with Gasteiger partial charge >= 0.3 is 148 Å². The number of hydrogen-bond donors (Lipinski definition) is 0. The van der Waals surface area contributed by atoms with Crippen molar-refractivity contribution >= 4 is 34.8 Å². The van der Waals surface area contributed by atoms with Crippen LogP contribution in [0.3, 0.4) is 0 Å². The molecule has 1 heterocycles. The second kappa shape index (κ2) is 6.31. The van der Waals surface area contributed by atoms with Gasteiger partial charge in [-0.1, -0.05) is 0 Å². The van der Waals surface area contributed by atoms with Crippen LogP contribution in [0.4, 0.5) is 0 Å². The number of para-hydroxylation sites is 1. The average molecular weight is 377 g/mol. The summed E-state index contributed by atoms with van der Waals surface area (Å²) in [5, 5.41) is 1.23. The van der Waals surface area contributed by atoms with Crippen molar-refractivity contribution in [2.45, 2.75) is 13.8 Å². The van der Waals surface area contributed by atoms with Crippen molar-refractivity contribution in [1.82, 2.24) is 0 Å². The van der Waals surface area contributed by atoms with Gasteiger partial charge in [0.25, 0.3) is 0 Å².